The minimum Gasteiger partial charge on any atom is -0.357 e. The van der Waals surface area contributed by atoms with Crippen LogP contribution in [0.3, 0.4) is 0 Å². The van der Waals surface area contributed by atoms with Gasteiger partial charge in [0.1, 0.15) is 0 Å². The Morgan fingerprint density at radius 2 is 1.86 bits per heavy atom. The molecule has 0 aromatic rings. The second-order valence-corrected chi connectivity index (χ2v) is 6.66. The van der Waals surface area contributed by atoms with Crippen LogP contribution in [0.1, 0.15) is 41.0 Å². The lowest BCUT2D eigenvalue weighted by atomic mass is 9.92. The summed E-state index contributed by atoms with van der Waals surface area (Å²) in [5.74, 6) is 2.63. The van der Waals surface area contributed by atoms with Gasteiger partial charge in [-0.1, -0.05) is 13.8 Å². The molecule has 0 amide bonds. The fraction of sp³-hybridized carbons (Fsp3) is 0.938. The summed E-state index contributed by atoms with van der Waals surface area (Å²) in [6, 6.07) is 0.586. The van der Waals surface area contributed by atoms with Crippen LogP contribution in [0.5, 0.6) is 0 Å². The van der Waals surface area contributed by atoms with Crippen LogP contribution in [0.25, 0.3) is 0 Å². The molecule has 1 fully saturated rings. The summed E-state index contributed by atoms with van der Waals surface area (Å²) < 4.78 is 0. The molecule has 126 valence electrons. The third-order valence-electron chi connectivity index (χ3n) is 4.10. The smallest absolute Gasteiger partial charge is 0.193 e. The average Bonchev–Trinajstić information content (AvgIpc) is 2.36. The van der Waals surface area contributed by atoms with E-state index in [9.17, 15) is 0 Å². The summed E-state index contributed by atoms with van der Waals surface area (Å²) in [7, 11) is 2.16. The number of aliphatic imine (C=N–C) groups is 1. The topological polar surface area (TPSA) is 30.9 Å². The van der Waals surface area contributed by atoms with Gasteiger partial charge in [-0.05, 0) is 46.1 Å². The van der Waals surface area contributed by atoms with E-state index < -0.39 is 0 Å². The first kappa shape index (κ1) is 21.0. The number of likely N-dealkylation sites (N-methyl/N-ethyl adjacent to an activating group) is 1. The van der Waals surface area contributed by atoms with Crippen LogP contribution in [0.2, 0.25) is 0 Å². The summed E-state index contributed by atoms with van der Waals surface area (Å²) in [6.45, 7) is 16.4. The number of piperidine rings is 1. The molecule has 2 unspecified atom stereocenters. The Bertz CT molecular complexity index is 297. The molecular weight excluding hydrogens is 375 g/mol. The van der Waals surface area contributed by atoms with E-state index in [4.69, 9.17) is 4.99 Å². The predicted molar refractivity (Wildman–Crippen MR) is 104 cm³/mol. The van der Waals surface area contributed by atoms with Crippen molar-refractivity contribution in [1.29, 1.82) is 0 Å². The van der Waals surface area contributed by atoms with Gasteiger partial charge in [-0.15, -0.1) is 24.0 Å². The van der Waals surface area contributed by atoms with Crippen molar-refractivity contribution in [2.75, 3.05) is 39.8 Å². The van der Waals surface area contributed by atoms with Crippen molar-refractivity contribution in [2.24, 2.45) is 16.8 Å². The van der Waals surface area contributed by atoms with E-state index in [1.165, 1.54) is 6.42 Å². The van der Waals surface area contributed by atoms with Gasteiger partial charge in [0.2, 0.25) is 0 Å². The number of hydrogen-bond donors (Lipinski definition) is 1. The largest absolute Gasteiger partial charge is 0.357 e. The highest BCUT2D eigenvalue weighted by Gasteiger charge is 2.23. The molecule has 1 aliphatic heterocycles. The Kier molecular flexibility index (Phi) is 10.6. The number of hydrogen-bond acceptors (Lipinski definition) is 2. The van der Waals surface area contributed by atoms with Gasteiger partial charge < -0.3 is 15.1 Å². The molecule has 4 nitrogen and oxygen atoms in total. The van der Waals surface area contributed by atoms with Crippen molar-refractivity contribution >= 4 is 29.9 Å². The normalized spacial score (nSPS) is 23.4. The second kappa shape index (κ2) is 10.6. The van der Waals surface area contributed by atoms with Crippen molar-refractivity contribution in [2.45, 2.75) is 47.1 Å². The van der Waals surface area contributed by atoms with Gasteiger partial charge >= 0.3 is 0 Å². The maximum atomic E-state index is 4.82. The molecule has 1 aliphatic rings. The van der Waals surface area contributed by atoms with Gasteiger partial charge in [0.05, 0.1) is 6.54 Å². The molecule has 0 radical (unpaired) electrons. The third kappa shape index (κ3) is 7.68. The van der Waals surface area contributed by atoms with Crippen LogP contribution in [0, 0.1) is 11.8 Å². The fourth-order valence-corrected chi connectivity index (χ4v) is 2.83. The maximum absolute atomic E-state index is 4.82. The van der Waals surface area contributed by atoms with E-state index in [1.54, 1.807) is 0 Å². The zero-order valence-corrected chi connectivity index (χ0v) is 17.1. The minimum atomic E-state index is 0. The molecule has 1 heterocycles. The molecule has 0 aliphatic carbocycles. The molecule has 1 N–H and O–H groups in total. The predicted octanol–water partition coefficient (Wildman–Crippen LogP) is 2.89. The van der Waals surface area contributed by atoms with Crippen molar-refractivity contribution < 1.29 is 0 Å². The number of nitrogens with zero attached hydrogens (tertiary/aromatic N) is 3. The van der Waals surface area contributed by atoms with Crippen molar-refractivity contribution in [3.05, 3.63) is 0 Å². The number of guanidine groups is 1. The van der Waals surface area contributed by atoms with Crippen LogP contribution in [0.4, 0.5) is 0 Å². The molecule has 0 aromatic carbocycles. The monoisotopic (exact) mass is 410 g/mol. The SMILES string of the molecule is CCNC(=NCCN(C)C(C)C)N1CC(C)CC(C)C1.I. The van der Waals surface area contributed by atoms with Crippen LogP contribution in [-0.4, -0.2) is 61.6 Å². The summed E-state index contributed by atoms with van der Waals surface area (Å²) in [5.41, 5.74) is 0. The molecule has 21 heavy (non-hydrogen) atoms. The van der Waals surface area contributed by atoms with Crippen LogP contribution < -0.4 is 5.32 Å². The lowest BCUT2D eigenvalue weighted by Crippen LogP contribution is -2.48. The summed E-state index contributed by atoms with van der Waals surface area (Å²) >= 11 is 0. The number of nitrogens with one attached hydrogen (secondary N) is 1. The van der Waals surface area contributed by atoms with Crippen LogP contribution >= 0.6 is 24.0 Å². The van der Waals surface area contributed by atoms with E-state index in [2.05, 4.69) is 56.8 Å². The highest BCUT2D eigenvalue weighted by Crippen LogP contribution is 2.20. The third-order valence-corrected chi connectivity index (χ3v) is 4.10. The number of rotatable bonds is 5. The van der Waals surface area contributed by atoms with Crippen molar-refractivity contribution in [3.8, 4) is 0 Å². The van der Waals surface area contributed by atoms with Crippen LogP contribution in [0.15, 0.2) is 4.99 Å². The molecule has 1 rings (SSSR count). The summed E-state index contributed by atoms with van der Waals surface area (Å²) in [5, 5.41) is 3.45. The zero-order chi connectivity index (χ0) is 15.1. The second-order valence-electron chi connectivity index (χ2n) is 6.66. The Morgan fingerprint density at radius 1 is 1.29 bits per heavy atom. The first-order chi connectivity index (χ1) is 9.43. The highest BCUT2D eigenvalue weighted by molar-refractivity contribution is 14.0. The fourth-order valence-electron chi connectivity index (χ4n) is 2.83. The Morgan fingerprint density at radius 3 is 2.33 bits per heavy atom. The first-order valence-electron chi connectivity index (χ1n) is 8.17. The zero-order valence-electron chi connectivity index (χ0n) is 14.7. The Labute approximate surface area is 148 Å². The Hall–Kier alpha value is -0.0400. The lowest BCUT2D eigenvalue weighted by molar-refractivity contribution is 0.208. The quantitative estimate of drug-likeness (QED) is 0.430. The van der Waals surface area contributed by atoms with E-state index in [0.29, 0.717) is 6.04 Å². The van der Waals surface area contributed by atoms with Crippen LogP contribution in [-0.2, 0) is 0 Å². The number of halogens is 1. The van der Waals surface area contributed by atoms with Crippen molar-refractivity contribution in [1.82, 2.24) is 15.1 Å². The standard InChI is InChI=1S/C16H34N4.HI/c1-7-17-16(18-8-9-19(6)13(2)3)20-11-14(4)10-15(5)12-20;/h13-15H,7-12H2,1-6H3,(H,17,18);1H. The maximum Gasteiger partial charge on any atom is 0.193 e. The molecule has 0 spiro atoms. The van der Waals surface area contributed by atoms with Gasteiger partial charge in [-0.3, -0.25) is 4.99 Å². The van der Waals surface area contributed by atoms with Gasteiger partial charge in [0, 0.05) is 32.2 Å². The van der Waals surface area contributed by atoms with E-state index in [1.807, 2.05) is 0 Å². The number of likely N-dealkylation sites (tertiary alicyclic amines) is 1. The van der Waals surface area contributed by atoms with E-state index in [0.717, 1.165) is 50.5 Å². The van der Waals surface area contributed by atoms with Gasteiger partial charge in [0.15, 0.2) is 5.96 Å². The summed E-state index contributed by atoms with van der Waals surface area (Å²) in [4.78, 5) is 9.60. The van der Waals surface area contributed by atoms with Gasteiger partial charge in [-0.2, -0.15) is 0 Å². The molecule has 0 saturated carbocycles. The van der Waals surface area contributed by atoms with Gasteiger partial charge in [-0.25, -0.2) is 0 Å². The Balaban J connectivity index is 0.00000400. The molecule has 5 heteroatoms. The molecule has 0 aromatic heterocycles. The van der Waals surface area contributed by atoms with Crippen molar-refractivity contribution in [3.63, 3.8) is 0 Å². The highest BCUT2D eigenvalue weighted by atomic mass is 127. The molecule has 0 bridgehead atoms. The van der Waals surface area contributed by atoms with E-state index >= 15 is 0 Å². The summed E-state index contributed by atoms with van der Waals surface area (Å²) in [6.07, 6.45) is 1.34. The average molecular weight is 410 g/mol. The molecule has 1 saturated heterocycles. The lowest BCUT2D eigenvalue weighted by Gasteiger charge is -2.37. The first-order valence-corrected chi connectivity index (χ1v) is 8.17. The minimum absolute atomic E-state index is 0. The molecule has 2 atom stereocenters. The van der Waals surface area contributed by atoms with Gasteiger partial charge in [0.25, 0.3) is 0 Å². The van der Waals surface area contributed by atoms with E-state index in [-0.39, 0.29) is 24.0 Å². The molecular formula is C16H35IN4.